The van der Waals surface area contributed by atoms with Crippen molar-refractivity contribution < 1.29 is 19.4 Å². The molecule has 0 heterocycles. The fourth-order valence-electron chi connectivity index (χ4n) is 3.12. The van der Waals surface area contributed by atoms with Gasteiger partial charge >= 0.3 is 12.0 Å². The molecule has 2 N–H and O–H groups in total. The third kappa shape index (κ3) is 7.48. The first-order valence-electron chi connectivity index (χ1n) is 10.8. The average Bonchev–Trinajstić information content (AvgIpc) is 2.78. The molecule has 0 aliphatic rings. The van der Waals surface area contributed by atoms with Crippen LogP contribution < -0.4 is 10.2 Å². The molecule has 0 saturated carbocycles. The van der Waals surface area contributed by atoms with Crippen molar-refractivity contribution in [3.8, 4) is 11.1 Å². The molecule has 166 valence electrons. The van der Waals surface area contributed by atoms with Crippen molar-refractivity contribution in [2.45, 2.75) is 39.5 Å². The summed E-state index contributed by atoms with van der Waals surface area (Å²) in [7, 11) is 1.76. The molecule has 0 bridgehead atoms. The summed E-state index contributed by atoms with van der Waals surface area (Å²) in [5.74, 6) is -1.18. The first-order valence-corrected chi connectivity index (χ1v) is 10.8. The van der Waals surface area contributed by atoms with Gasteiger partial charge in [0.25, 0.3) is 0 Å². The van der Waals surface area contributed by atoms with E-state index in [0.717, 1.165) is 35.2 Å². The number of anilines is 1. The second-order valence-corrected chi connectivity index (χ2v) is 7.27. The predicted octanol–water partition coefficient (Wildman–Crippen LogP) is 5.54. The number of carboxylic acid groups (broad SMARTS) is 1. The number of benzene rings is 2. The summed E-state index contributed by atoms with van der Waals surface area (Å²) in [6.07, 6.45) is 5.97. The smallest absolute Gasteiger partial charge is 0.371 e. The van der Waals surface area contributed by atoms with Crippen LogP contribution in [0.5, 0.6) is 0 Å². The molecule has 0 fully saturated rings. The quantitative estimate of drug-likeness (QED) is 0.282. The van der Waals surface area contributed by atoms with Gasteiger partial charge in [-0.2, -0.15) is 0 Å². The van der Waals surface area contributed by atoms with E-state index in [1.807, 2.05) is 48.5 Å². The van der Waals surface area contributed by atoms with E-state index in [4.69, 9.17) is 4.74 Å². The maximum Gasteiger partial charge on any atom is 0.371 e. The maximum absolute atomic E-state index is 12.4. The molecular formula is C25H32N2O4. The Labute approximate surface area is 184 Å². The summed E-state index contributed by atoms with van der Waals surface area (Å²) in [5.41, 5.74) is 3.49. The number of ether oxygens (including phenoxy) is 1. The van der Waals surface area contributed by atoms with E-state index in [0.29, 0.717) is 13.2 Å². The van der Waals surface area contributed by atoms with Crippen molar-refractivity contribution >= 4 is 23.8 Å². The molecule has 2 aromatic rings. The van der Waals surface area contributed by atoms with Crippen LogP contribution in [-0.4, -0.2) is 37.3 Å². The molecule has 31 heavy (non-hydrogen) atoms. The summed E-state index contributed by atoms with van der Waals surface area (Å²) in [6.45, 7) is 4.88. The zero-order valence-electron chi connectivity index (χ0n) is 18.6. The fraction of sp³-hybridized carbons (Fsp3) is 0.360. The molecule has 0 unspecified atom stereocenters. The van der Waals surface area contributed by atoms with Crippen molar-refractivity contribution in [2.24, 2.45) is 0 Å². The summed E-state index contributed by atoms with van der Waals surface area (Å²) in [4.78, 5) is 25.3. The van der Waals surface area contributed by atoms with Gasteiger partial charge in [-0.05, 0) is 48.2 Å². The first-order chi connectivity index (χ1) is 15.0. The van der Waals surface area contributed by atoms with Crippen LogP contribution in [0.4, 0.5) is 10.5 Å². The SMILES string of the molecule is CCCCCCNC(=O)N(C)c1cccc(-c2ccc(/C=C(/OCC)C(=O)O)cc2)c1. The van der Waals surface area contributed by atoms with Crippen LogP contribution in [0.15, 0.2) is 54.3 Å². The molecule has 0 radical (unpaired) electrons. The third-order valence-electron chi connectivity index (χ3n) is 4.90. The molecular weight excluding hydrogens is 392 g/mol. The lowest BCUT2D eigenvalue weighted by Crippen LogP contribution is -2.37. The number of rotatable bonds is 11. The number of nitrogens with one attached hydrogen (secondary N) is 1. The molecule has 0 aliphatic heterocycles. The number of hydrogen-bond donors (Lipinski definition) is 2. The highest BCUT2D eigenvalue weighted by Gasteiger charge is 2.11. The Hall–Kier alpha value is -3.28. The minimum atomic E-state index is -1.09. The van der Waals surface area contributed by atoms with Gasteiger partial charge in [-0.25, -0.2) is 9.59 Å². The number of aliphatic carboxylic acids is 1. The number of amides is 2. The molecule has 6 heteroatoms. The molecule has 0 saturated heterocycles. The monoisotopic (exact) mass is 424 g/mol. The second kappa shape index (κ2) is 12.4. The van der Waals surface area contributed by atoms with Crippen molar-refractivity contribution in [1.29, 1.82) is 0 Å². The number of hydrogen-bond acceptors (Lipinski definition) is 3. The van der Waals surface area contributed by atoms with E-state index in [1.165, 1.54) is 18.9 Å². The molecule has 0 aliphatic carbocycles. The topological polar surface area (TPSA) is 78.9 Å². The maximum atomic E-state index is 12.4. The van der Waals surface area contributed by atoms with Gasteiger partial charge in [0.1, 0.15) is 0 Å². The van der Waals surface area contributed by atoms with Crippen LogP contribution in [0.25, 0.3) is 17.2 Å². The van der Waals surface area contributed by atoms with Crippen LogP contribution in [-0.2, 0) is 9.53 Å². The van der Waals surface area contributed by atoms with E-state index < -0.39 is 5.97 Å². The molecule has 0 spiro atoms. The highest BCUT2D eigenvalue weighted by Crippen LogP contribution is 2.25. The van der Waals surface area contributed by atoms with Crippen LogP contribution >= 0.6 is 0 Å². The lowest BCUT2D eigenvalue weighted by atomic mass is 10.0. The highest BCUT2D eigenvalue weighted by molar-refractivity contribution is 5.92. The van der Waals surface area contributed by atoms with Crippen LogP contribution in [0.1, 0.15) is 45.1 Å². The van der Waals surface area contributed by atoms with E-state index >= 15 is 0 Å². The molecule has 2 amide bonds. The Morgan fingerprint density at radius 2 is 1.77 bits per heavy atom. The first kappa shape index (κ1) is 24.0. The number of unbranched alkanes of at least 4 members (excludes halogenated alkanes) is 3. The number of nitrogens with zero attached hydrogens (tertiary/aromatic N) is 1. The van der Waals surface area contributed by atoms with Gasteiger partial charge in [0.05, 0.1) is 6.61 Å². The van der Waals surface area contributed by atoms with Crippen molar-refractivity contribution in [2.75, 3.05) is 25.1 Å². The van der Waals surface area contributed by atoms with Gasteiger partial charge in [-0.1, -0.05) is 62.6 Å². The standard InChI is InChI=1S/C25H32N2O4/c1-4-6-7-8-16-26-25(30)27(3)22-11-9-10-21(18-22)20-14-12-19(13-15-20)17-23(24(28)29)31-5-2/h9-15,17-18H,4-8,16H2,1-3H3,(H,26,30)(H,28,29)/b23-17+. The third-order valence-corrected chi connectivity index (χ3v) is 4.90. The van der Waals surface area contributed by atoms with Crippen LogP contribution in [0.3, 0.4) is 0 Å². The zero-order valence-corrected chi connectivity index (χ0v) is 18.6. The van der Waals surface area contributed by atoms with E-state index in [-0.39, 0.29) is 11.8 Å². The lowest BCUT2D eigenvalue weighted by molar-refractivity contribution is -0.136. The van der Waals surface area contributed by atoms with E-state index in [9.17, 15) is 14.7 Å². The number of carbonyl (C=O) groups is 2. The molecule has 2 rings (SSSR count). The Balaban J connectivity index is 2.08. The summed E-state index contributed by atoms with van der Waals surface area (Å²) in [5, 5.41) is 12.2. The largest absolute Gasteiger partial charge is 0.487 e. The number of carboxylic acids is 1. The van der Waals surface area contributed by atoms with Gasteiger partial charge in [-0.3, -0.25) is 4.90 Å². The molecule has 0 aromatic heterocycles. The minimum absolute atomic E-state index is 0.0837. The normalized spacial score (nSPS) is 11.1. The lowest BCUT2D eigenvalue weighted by Gasteiger charge is -2.19. The van der Waals surface area contributed by atoms with Gasteiger partial charge in [0.2, 0.25) is 5.76 Å². The van der Waals surface area contributed by atoms with Crippen molar-refractivity contribution in [1.82, 2.24) is 5.32 Å². The Bertz CT molecular complexity index is 891. The Kier molecular flexibility index (Phi) is 9.62. The summed E-state index contributed by atoms with van der Waals surface area (Å²) in [6, 6.07) is 15.2. The van der Waals surface area contributed by atoms with Crippen molar-refractivity contribution in [3.63, 3.8) is 0 Å². The number of urea groups is 1. The minimum Gasteiger partial charge on any atom is -0.487 e. The summed E-state index contributed by atoms with van der Waals surface area (Å²) < 4.78 is 5.15. The average molecular weight is 425 g/mol. The van der Waals surface area contributed by atoms with Crippen LogP contribution in [0.2, 0.25) is 0 Å². The van der Waals surface area contributed by atoms with Gasteiger partial charge in [0.15, 0.2) is 0 Å². The Morgan fingerprint density at radius 1 is 1.03 bits per heavy atom. The highest BCUT2D eigenvalue weighted by atomic mass is 16.5. The van der Waals surface area contributed by atoms with Gasteiger partial charge < -0.3 is 15.2 Å². The molecule has 0 atom stereocenters. The van der Waals surface area contributed by atoms with Gasteiger partial charge in [0, 0.05) is 19.3 Å². The second-order valence-electron chi connectivity index (χ2n) is 7.27. The van der Waals surface area contributed by atoms with Gasteiger partial charge in [-0.15, -0.1) is 0 Å². The van der Waals surface area contributed by atoms with Crippen LogP contribution in [0, 0.1) is 0 Å². The zero-order chi connectivity index (χ0) is 22.6. The fourth-order valence-corrected chi connectivity index (χ4v) is 3.12. The van der Waals surface area contributed by atoms with Crippen molar-refractivity contribution in [3.05, 3.63) is 59.9 Å². The summed E-state index contributed by atoms with van der Waals surface area (Å²) >= 11 is 0. The predicted molar refractivity (Wildman–Crippen MR) is 125 cm³/mol. The van der Waals surface area contributed by atoms with E-state index in [2.05, 4.69) is 12.2 Å². The van der Waals surface area contributed by atoms with E-state index in [1.54, 1.807) is 18.9 Å². The molecule has 2 aromatic carbocycles. The Morgan fingerprint density at radius 3 is 2.42 bits per heavy atom. The number of carbonyl (C=O) groups excluding carboxylic acids is 1. The molecule has 6 nitrogen and oxygen atoms in total.